The summed E-state index contributed by atoms with van der Waals surface area (Å²) in [4.78, 5) is 0. The number of fused-ring (bicyclic) bond motifs is 1. The van der Waals surface area contributed by atoms with E-state index in [1.54, 1.807) is 0 Å². The third-order valence-electron chi connectivity index (χ3n) is 4.13. The van der Waals surface area contributed by atoms with Crippen LogP contribution in [0.1, 0.15) is 69.5 Å². The van der Waals surface area contributed by atoms with E-state index in [1.165, 1.54) is 43.2 Å². The molecular weight excluding hydrogens is 246 g/mol. The van der Waals surface area contributed by atoms with E-state index in [1.807, 2.05) is 0 Å². The van der Waals surface area contributed by atoms with Gasteiger partial charge in [0.05, 0.1) is 6.61 Å². The number of unbranched alkanes of at least 4 members (excludes halogenated alkanes) is 3. The van der Waals surface area contributed by atoms with Crippen LogP contribution in [0.3, 0.4) is 0 Å². The topological polar surface area (TPSA) is 21.3 Å². The number of hydrogen-bond acceptors (Lipinski definition) is 2. The largest absolute Gasteiger partial charge is 0.493 e. The van der Waals surface area contributed by atoms with Crippen molar-refractivity contribution in [1.29, 1.82) is 0 Å². The minimum atomic E-state index is 0.504. The summed E-state index contributed by atoms with van der Waals surface area (Å²) in [5.74, 6) is 1.10. The summed E-state index contributed by atoms with van der Waals surface area (Å²) in [6.45, 7) is 6.37. The summed E-state index contributed by atoms with van der Waals surface area (Å²) in [6.07, 6.45) is 8.90. The third-order valence-corrected chi connectivity index (χ3v) is 4.13. The molecule has 112 valence electrons. The van der Waals surface area contributed by atoms with Crippen molar-refractivity contribution in [3.05, 3.63) is 29.3 Å². The van der Waals surface area contributed by atoms with Crippen LogP contribution in [-0.2, 0) is 6.42 Å². The highest BCUT2D eigenvalue weighted by Gasteiger charge is 2.15. The number of aryl methyl sites for hydroxylation is 1. The molecule has 1 aromatic carbocycles. The minimum absolute atomic E-state index is 0.504. The van der Waals surface area contributed by atoms with Crippen molar-refractivity contribution < 1.29 is 4.74 Å². The summed E-state index contributed by atoms with van der Waals surface area (Å²) in [7, 11) is 0. The van der Waals surface area contributed by atoms with Crippen LogP contribution < -0.4 is 10.1 Å². The molecule has 1 heterocycles. The lowest BCUT2D eigenvalue weighted by molar-refractivity contribution is 0.288. The lowest BCUT2D eigenvalue weighted by atomic mass is 9.96. The maximum atomic E-state index is 5.71. The first-order valence-electron chi connectivity index (χ1n) is 8.34. The second kappa shape index (κ2) is 8.31. The van der Waals surface area contributed by atoms with Gasteiger partial charge in [0.2, 0.25) is 0 Å². The number of nitrogens with one attached hydrogen (secondary N) is 1. The summed E-state index contributed by atoms with van der Waals surface area (Å²) < 4.78 is 5.71. The van der Waals surface area contributed by atoms with Gasteiger partial charge in [0.25, 0.3) is 0 Å². The highest BCUT2D eigenvalue weighted by Crippen LogP contribution is 2.29. The van der Waals surface area contributed by atoms with Crippen LogP contribution in [0.15, 0.2) is 18.2 Å². The van der Waals surface area contributed by atoms with E-state index in [0.717, 1.165) is 31.7 Å². The van der Waals surface area contributed by atoms with Crippen molar-refractivity contribution >= 4 is 0 Å². The van der Waals surface area contributed by atoms with E-state index in [2.05, 4.69) is 37.4 Å². The highest BCUT2D eigenvalue weighted by molar-refractivity contribution is 5.39. The molecule has 2 rings (SSSR count). The minimum Gasteiger partial charge on any atom is -0.493 e. The van der Waals surface area contributed by atoms with Crippen LogP contribution in [0.25, 0.3) is 0 Å². The number of rotatable bonds is 8. The Balaban J connectivity index is 2.00. The Bertz CT molecular complexity index is 402. The molecule has 1 aromatic rings. The van der Waals surface area contributed by atoms with Gasteiger partial charge in [0.1, 0.15) is 5.75 Å². The van der Waals surface area contributed by atoms with Gasteiger partial charge >= 0.3 is 0 Å². The zero-order valence-corrected chi connectivity index (χ0v) is 13.1. The SMILES string of the molecule is CCCCCCC(NCC)c1ccc2c(c1)CCCO2. The first-order valence-corrected chi connectivity index (χ1v) is 8.34. The van der Waals surface area contributed by atoms with E-state index in [-0.39, 0.29) is 0 Å². The monoisotopic (exact) mass is 275 g/mol. The van der Waals surface area contributed by atoms with E-state index >= 15 is 0 Å². The molecule has 20 heavy (non-hydrogen) atoms. The van der Waals surface area contributed by atoms with E-state index < -0.39 is 0 Å². The molecule has 1 aliphatic rings. The standard InChI is InChI=1S/C18H29NO/c1-3-5-6-7-10-17(19-4-2)15-11-12-18-16(14-15)9-8-13-20-18/h11-12,14,17,19H,3-10,13H2,1-2H3. The van der Waals surface area contributed by atoms with Gasteiger partial charge in [-0.25, -0.2) is 0 Å². The van der Waals surface area contributed by atoms with Gasteiger partial charge in [0.15, 0.2) is 0 Å². The fraction of sp³-hybridized carbons (Fsp3) is 0.667. The maximum absolute atomic E-state index is 5.71. The van der Waals surface area contributed by atoms with Gasteiger partial charge in [-0.1, -0.05) is 51.7 Å². The van der Waals surface area contributed by atoms with Crippen molar-refractivity contribution in [2.45, 2.75) is 64.8 Å². The molecule has 0 amide bonds. The zero-order chi connectivity index (χ0) is 14.2. The summed E-state index contributed by atoms with van der Waals surface area (Å²) in [5.41, 5.74) is 2.83. The van der Waals surface area contributed by atoms with Gasteiger partial charge in [-0.05, 0) is 43.0 Å². The Kier molecular flexibility index (Phi) is 6.38. The second-order valence-electron chi connectivity index (χ2n) is 5.78. The Hall–Kier alpha value is -1.02. The molecule has 0 aromatic heterocycles. The van der Waals surface area contributed by atoms with Gasteiger partial charge in [-0.2, -0.15) is 0 Å². The van der Waals surface area contributed by atoms with Crippen LogP contribution in [0.5, 0.6) is 5.75 Å². The van der Waals surface area contributed by atoms with Gasteiger partial charge < -0.3 is 10.1 Å². The number of benzene rings is 1. The molecule has 2 heteroatoms. The molecule has 0 saturated carbocycles. The predicted molar refractivity (Wildman–Crippen MR) is 85.4 cm³/mol. The molecule has 2 nitrogen and oxygen atoms in total. The molecule has 0 saturated heterocycles. The van der Waals surface area contributed by atoms with E-state index in [0.29, 0.717) is 6.04 Å². The van der Waals surface area contributed by atoms with Crippen molar-refractivity contribution in [3.8, 4) is 5.75 Å². The van der Waals surface area contributed by atoms with Gasteiger partial charge in [0, 0.05) is 6.04 Å². The molecule has 1 unspecified atom stereocenters. The summed E-state index contributed by atoms with van der Waals surface area (Å²) in [6, 6.07) is 7.28. The molecule has 0 spiro atoms. The Morgan fingerprint density at radius 2 is 2.10 bits per heavy atom. The van der Waals surface area contributed by atoms with Crippen LogP contribution in [0.4, 0.5) is 0 Å². The zero-order valence-electron chi connectivity index (χ0n) is 13.1. The van der Waals surface area contributed by atoms with Crippen LogP contribution in [0, 0.1) is 0 Å². The molecule has 1 aliphatic heterocycles. The predicted octanol–water partition coefficient (Wildman–Crippen LogP) is 4.63. The lowest BCUT2D eigenvalue weighted by Gasteiger charge is -2.22. The average Bonchev–Trinajstić information content (AvgIpc) is 2.50. The van der Waals surface area contributed by atoms with Gasteiger partial charge in [-0.15, -0.1) is 0 Å². The average molecular weight is 275 g/mol. The van der Waals surface area contributed by atoms with Gasteiger partial charge in [-0.3, -0.25) is 0 Å². The van der Waals surface area contributed by atoms with E-state index in [4.69, 9.17) is 4.74 Å². The van der Waals surface area contributed by atoms with Crippen molar-refractivity contribution in [1.82, 2.24) is 5.32 Å². The fourth-order valence-electron chi connectivity index (χ4n) is 3.01. The Morgan fingerprint density at radius 3 is 2.90 bits per heavy atom. The third kappa shape index (κ3) is 4.24. The first kappa shape index (κ1) is 15.4. The van der Waals surface area contributed by atoms with Crippen LogP contribution >= 0.6 is 0 Å². The molecule has 0 bridgehead atoms. The highest BCUT2D eigenvalue weighted by atomic mass is 16.5. The summed E-state index contributed by atoms with van der Waals surface area (Å²) >= 11 is 0. The van der Waals surface area contributed by atoms with E-state index in [9.17, 15) is 0 Å². The Morgan fingerprint density at radius 1 is 1.20 bits per heavy atom. The van der Waals surface area contributed by atoms with Crippen molar-refractivity contribution in [2.24, 2.45) is 0 Å². The fourth-order valence-corrected chi connectivity index (χ4v) is 3.01. The summed E-state index contributed by atoms with van der Waals surface area (Å²) in [5, 5.41) is 3.64. The molecule has 0 fully saturated rings. The first-order chi connectivity index (χ1) is 9.85. The van der Waals surface area contributed by atoms with Crippen molar-refractivity contribution in [3.63, 3.8) is 0 Å². The molecule has 0 aliphatic carbocycles. The lowest BCUT2D eigenvalue weighted by Crippen LogP contribution is -2.21. The maximum Gasteiger partial charge on any atom is 0.122 e. The van der Waals surface area contributed by atoms with Crippen LogP contribution in [0.2, 0.25) is 0 Å². The molecule has 0 radical (unpaired) electrons. The van der Waals surface area contributed by atoms with Crippen LogP contribution in [-0.4, -0.2) is 13.2 Å². The molecule has 1 N–H and O–H groups in total. The molecule has 1 atom stereocenters. The smallest absolute Gasteiger partial charge is 0.122 e. The second-order valence-corrected chi connectivity index (χ2v) is 5.78. The Labute approximate surface area is 123 Å². The normalized spacial score (nSPS) is 15.5. The van der Waals surface area contributed by atoms with Crippen molar-refractivity contribution in [2.75, 3.05) is 13.2 Å². The molecular formula is C18H29NO. The number of hydrogen-bond donors (Lipinski definition) is 1. The quantitative estimate of drug-likeness (QED) is 0.698. The number of ether oxygens (including phenoxy) is 1.